The zero-order valence-electron chi connectivity index (χ0n) is 15.2. The minimum absolute atomic E-state index is 0.108. The fourth-order valence-electron chi connectivity index (χ4n) is 2.66. The van der Waals surface area contributed by atoms with E-state index in [4.69, 9.17) is 10.8 Å². The topological polar surface area (TPSA) is 117 Å². The van der Waals surface area contributed by atoms with Gasteiger partial charge in [0.25, 0.3) is 5.91 Å². The Balaban J connectivity index is 1.79. The maximum absolute atomic E-state index is 12.7. The van der Waals surface area contributed by atoms with Gasteiger partial charge in [0.1, 0.15) is 10.7 Å². The first-order valence-electron chi connectivity index (χ1n) is 8.52. The van der Waals surface area contributed by atoms with Crippen LogP contribution < -0.4 is 11.1 Å². The van der Waals surface area contributed by atoms with Gasteiger partial charge in [0.15, 0.2) is 0 Å². The molecule has 5 N–H and O–H groups in total. The summed E-state index contributed by atoms with van der Waals surface area (Å²) < 4.78 is 38.1. The average molecular weight is 425 g/mol. The molecular weight excluding hydrogens is 407 g/mol. The predicted molar refractivity (Wildman–Crippen MR) is 101 cm³/mol. The Bertz CT molecular complexity index is 998. The van der Waals surface area contributed by atoms with E-state index in [-0.39, 0.29) is 24.5 Å². The van der Waals surface area contributed by atoms with Crippen molar-refractivity contribution in [3.8, 4) is 11.4 Å². The molecule has 1 atom stereocenters. The van der Waals surface area contributed by atoms with Crippen molar-refractivity contribution in [1.82, 2.24) is 20.3 Å². The van der Waals surface area contributed by atoms with Gasteiger partial charge in [-0.3, -0.25) is 9.78 Å². The minimum Gasteiger partial charge on any atom is -0.391 e. The number of carbonyl (C=O) groups is 1. The molecule has 1 amide bonds. The van der Waals surface area contributed by atoms with Crippen LogP contribution in [0.25, 0.3) is 11.4 Å². The van der Waals surface area contributed by atoms with Crippen LogP contribution in [0.5, 0.6) is 0 Å². The van der Waals surface area contributed by atoms with Gasteiger partial charge in [-0.1, -0.05) is 0 Å². The fourth-order valence-corrected chi connectivity index (χ4v) is 3.50. The molecule has 3 aromatic rings. The molecule has 11 heteroatoms. The van der Waals surface area contributed by atoms with Gasteiger partial charge in [0.05, 0.1) is 34.5 Å². The number of carbonyl (C=O) groups excluding carboxylic acids is 1. The third-order valence-electron chi connectivity index (χ3n) is 4.18. The van der Waals surface area contributed by atoms with Gasteiger partial charge in [-0.25, -0.2) is 4.98 Å². The average Bonchev–Trinajstić information content (AvgIpc) is 3.32. The van der Waals surface area contributed by atoms with Crippen LogP contribution in [-0.4, -0.2) is 32.5 Å². The number of amides is 1. The van der Waals surface area contributed by atoms with E-state index < -0.39 is 23.7 Å². The molecule has 3 aromatic heterocycles. The number of hydrogen-bond donors (Lipinski definition) is 4. The Morgan fingerprint density at radius 2 is 2.10 bits per heavy atom. The fraction of sp³-hybridized carbons (Fsp3) is 0.278. The van der Waals surface area contributed by atoms with Gasteiger partial charge in [-0.15, -0.1) is 11.3 Å². The molecule has 3 rings (SSSR count). The second-order valence-electron chi connectivity index (χ2n) is 6.26. The molecule has 0 aliphatic carbocycles. The number of H-pyrrole nitrogens is 1. The van der Waals surface area contributed by atoms with Crippen molar-refractivity contribution >= 4 is 17.2 Å². The molecule has 0 aliphatic heterocycles. The summed E-state index contributed by atoms with van der Waals surface area (Å²) in [5.74, 6) is -0.433. The van der Waals surface area contributed by atoms with E-state index in [0.29, 0.717) is 21.1 Å². The lowest BCUT2D eigenvalue weighted by atomic mass is 10.2. The molecule has 0 aromatic carbocycles. The van der Waals surface area contributed by atoms with Gasteiger partial charge >= 0.3 is 6.18 Å². The highest BCUT2D eigenvalue weighted by atomic mass is 32.1. The molecular formula is C18H18F3N5O2S. The number of alkyl halides is 3. The molecule has 0 saturated carbocycles. The van der Waals surface area contributed by atoms with Crippen molar-refractivity contribution in [2.75, 3.05) is 6.54 Å². The Morgan fingerprint density at radius 1 is 1.34 bits per heavy atom. The Kier molecular flexibility index (Phi) is 6.01. The molecule has 0 unspecified atom stereocenters. The summed E-state index contributed by atoms with van der Waals surface area (Å²) in [7, 11) is 0. The van der Waals surface area contributed by atoms with Gasteiger partial charge in [0, 0.05) is 18.9 Å². The summed E-state index contributed by atoms with van der Waals surface area (Å²) in [5.41, 5.74) is 6.45. The number of halogens is 3. The number of aryl methyl sites for hydroxylation is 1. The monoisotopic (exact) mass is 425 g/mol. The van der Waals surface area contributed by atoms with Crippen LogP contribution >= 0.6 is 11.3 Å². The molecule has 3 heterocycles. The zero-order valence-corrected chi connectivity index (χ0v) is 16.1. The Hall–Kier alpha value is -2.76. The summed E-state index contributed by atoms with van der Waals surface area (Å²) in [6, 6.07) is 3.27. The van der Waals surface area contributed by atoms with Crippen molar-refractivity contribution in [2.45, 2.75) is 25.7 Å². The van der Waals surface area contributed by atoms with Crippen LogP contribution in [0.15, 0.2) is 30.6 Å². The summed E-state index contributed by atoms with van der Waals surface area (Å²) in [6.45, 7) is 1.66. The van der Waals surface area contributed by atoms with Crippen molar-refractivity contribution in [3.05, 3.63) is 57.3 Å². The standard InChI is InChI=1S/C18H18F3N5O2S/c1-9-4-13(12-3-2-10(6-23-12)18(19,20)21)25-15(9)16(28)26-14(5-22)17-24-7-11(8-27)29-17/h2-4,6-7,14,25,27H,5,8,22H2,1H3,(H,26,28)/t14-/m0/s1. The number of nitrogens with two attached hydrogens (primary N) is 1. The van der Waals surface area contributed by atoms with E-state index in [1.807, 2.05) is 0 Å². The van der Waals surface area contributed by atoms with E-state index in [0.717, 1.165) is 12.3 Å². The largest absolute Gasteiger partial charge is 0.417 e. The second-order valence-corrected chi connectivity index (χ2v) is 7.40. The van der Waals surface area contributed by atoms with Crippen molar-refractivity contribution in [2.24, 2.45) is 5.73 Å². The number of pyridine rings is 1. The lowest BCUT2D eigenvalue weighted by molar-refractivity contribution is -0.137. The van der Waals surface area contributed by atoms with E-state index in [1.165, 1.54) is 23.6 Å². The zero-order chi connectivity index (χ0) is 21.2. The molecule has 0 spiro atoms. The minimum atomic E-state index is -4.47. The maximum Gasteiger partial charge on any atom is 0.417 e. The van der Waals surface area contributed by atoms with E-state index in [1.54, 1.807) is 13.0 Å². The number of nitrogens with one attached hydrogen (secondary N) is 2. The molecule has 0 aliphatic rings. The van der Waals surface area contributed by atoms with Crippen LogP contribution in [0.2, 0.25) is 0 Å². The maximum atomic E-state index is 12.7. The molecule has 0 bridgehead atoms. The predicted octanol–water partition coefficient (Wildman–Crippen LogP) is 2.78. The number of nitrogens with zero attached hydrogens (tertiary/aromatic N) is 2. The van der Waals surface area contributed by atoms with Crippen LogP contribution in [0, 0.1) is 6.92 Å². The highest BCUT2D eigenvalue weighted by Gasteiger charge is 2.30. The molecule has 7 nitrogen and oxygen atoms in total. The van der Waals surface area contributed by atoms with Gasteiger partial charge < -0.3 is 21.1 Å². The van der Waals surface area contributed by atoms with Crippen LogP contribution in [0.4, 0.5) is 13.2 Å². The first-order valence-corrected chi connectivity index (χ1v) is 9.34. The SMILES string of the molecule is Cc1cc(-c2ccc(C(F)(F)F)cn2)[nH]c1C(=O)N[C@@H](CN)c1ncc(CO)s1. The quantitative estimate of drug-likeness (QED) is 0.485. The van der Waals surface area contributed by atoms with E-state index in [2.05, 4.69) is 20.3 Å². The van der Waals surface area contributed by atoms with Crippen molar-refractivity contribution in [1.29, 1.82) is 0 Å². The van der Waals surface area contributed by atoms with Gasteiger partial charge in [-0.2, -0.15) is 13.2 Å². The lowest BCUT2D eigenvalue weighted by Gasteiger charge is -2.14. The summed E-state index contributed by atoms with van der Waals surface area (Å²) in [4.78, 5) is 24.2. The third kappa shape index (κ3) is 4.63. The summed E-state index contributed by atoms with van der Waals surface area (Å²) in [5, 5.41) is 12.5. The number of aromatic nitrogens is 3. The number of aliphatic hydroxyl groups is 1. The summed E-state index contributed by atoms with van der Waals surface area (Å²) >= 11 is 1.24. The van der Waals surface area contributed by atoms with Crippen molar-refractivity contribution < 1.29 is 23.1 Å². The van der Waals surface area contributed by atoms with E-state index >= 15 is 0 Å². The third-order valence-corrected chi connectivity index (χ3v) is 5.27. The van der Waals surface area contributed by atoms with Crippen LogP contribution in [0.3, 0.4) is 0 Å². The number of aliphatic hydroxyl groups excluding tert-OH is 1. The normalized spacial score (nSPS) is 12.8. The van der Waals surface area contributed by atoms with Gasteiger partial charge in [-0.05, 0) is 30.7 Å². The van der Waals surface area contributed by atoms with Crippen LogP contribution in [0.1, 0.15) is 37.5 Å². The molecule has 0 fully saturated rings. The highest BCUT2D eigenvalue weighted by molar-refractivity contribution is 7.11. The second kappa shape index (κ2) is 8.31. The van der Waals surface area contributed by atoms with Crippen LogP contribution in [-0.2, 0) is 12.8 Å². The highest BCUT2D eigenvalue weighted by Crippen LogP contribution is 2.30. The molecule has 154 valence electrons. The smallest absolute Gasteiger partial charge is 0.391 e. The first kappa shape index (κ1) is 21.0. The number of aromatic amines is 1. The molecule has 0 saturated heterocycles. The lowest BCUT2D eigenvalue weighted by Crippen LogP contribution is -2.33. The first-order chi connectivity index (χ1) is 13.7. The molecule has 29 heavy (non-hydrogen) atoms. The Labute approximate surface area is 167 Å². The number of thiazole rings is 1. The Morgan fingerprint density at radius 3 is 2.66 bits per heavy atom. The number of hydrogen-bond acceptors (Lipinski definition) is 6. The number of rotatable bonds is 6. The molecule has 0 radical (unpaired) electrons. The summed E-state index contributed by atoms with van der Waals surface area (Å²) in [6.07, 6.45) is -2.20. The van der Waals surface area contributed by atoms with E-state index in [9.17, 15) is 18.0 Å². The van der Waals surface area contributed by atoms with Gasteiger partial charge in [0.2, 0.25) is 0 Å². The van der Waals surface area contributed by atoms with Crippen molar-refractivity contribution in [3.63, 3.8) is 0 Å².